The van der Waals surface area contributed by atoms with Crippen molar-refractivity contribution in [2.45, 2.75) is 96.3 Å². The summed E-state index contributed by atoms with van der Waals surface area (Å²) in [5, 5.41) is 0. The van der Waals surface area contributed by atoms with Crippen LogP contribution in [0.15, 0.2) is 0 Å². The third-order valence-electron chi connectivity index (χ3n) is 7.30. The minimum atomic E-state index is -0.164. The van der Waals surface area contributed by atoms with Crippen molar-refractivity contribution in [2.75, 3.05) is 0 Å². The predicted molar refractivity (Wildman–Crippen MR) is 98.0 cm³/mol. The first-order valence-corrected chi connectivity index (χ1v) is 10.7. The van der Waals surface area contributed by atoms with Gasteiger partial charge in [-0.2, -0.15) is 0 Å². The van der Waals surface area contributed by atoms with Gasteiger partial charge in [0.25, 0.3) is 0 Å². The first-order valence-electron chi connectivity index (χ1n) is 10.2. The van der Waals surface area contributed by atoms with E-state index < -0.39 is 0 Å². The Kier molecular flexibility index (Phi) is 6.41. The van der Waals surface area contributed by atoms with Crippen LogP contribution >= 0.6 is 9.47 Å². The van der Waals surface area contributed by atoms with Crippen molar-refractivity contribution in [2.24, 2.45) is 23.2 Å². The third-order valence-corrected chi connectivity index (χ3v) is 7.52. The molecule has 2 nitrogen and oxygen atoms in total. The second-order valence-corrected chi connectivity index (χ2v) is 8.58. The van der Waals surface area contributed by atoms with E-state index in [1.165, 1.54) is 96.3 Å². The Balaban J connectivity index is 1.97. The lowest BCUT2D eigenvalue weighted by atomic mass is 9.51. The van der Waals surface area contributed by atoms with Gasteiger partial charge in [0.1, 0.15) is 0 Å². The number of hydrogen-bond donors (Lipinski definition) is 0. The molecule has 0 spiro atoms. The van der Waals surface area contributed by atoms with Gasteiger partial charge in [0.05, 0.1) is 14.9 Å². The maximum Gasteiger partial charge on any atom is 0.315 e. The SMILES string of the molecule is O=C(OP)C(C1CCCCC1)(C1CCCCC1)C1CCCCC1. The summed E-state index contributed by atoms with van der Waals surface area (Å²) in [6.07, 6.45) is 19.5. The van der Waals surface area contributed by atoms with Gasteiger partial charge in [0.2, 0.25) is 0 Å². The Morgan fingerprint density at radius 3 is 1.22 bits per heavy atom. The molecule has 0 radical (unpaired) electrons. The molecule has 0 heterocycles. The fraction of sp³-hybridized carbons (Fsp3) is 0.950. The van der Waals surface area contributed by atoms with Crippen LogP contribution in [0.2, 0.25) is 0 Å². The van der Waals surface area contributed by atoms with Gasteiger partial charge in [-0.25, -0.2) is 0 Å². The van der Waals surface area contributed by atoms with Crippen molar-refractivity contribution < 1.29 is 9.32 Å². The molecule has 1 unspecified atom stereocenters. The predicted octanol–water partition coefficient (Wildman–Crippen LogP) is 6.05. The van der Waals surface area contributed by atoms with Crippen LogP contribution in [-0.2, 0) is 9.32 Å². The molecule has 3 aliphatic carbocycles. The summed E-state index contributed by atoms with van der Waals surface area (Å²) >= 11 is 0. The first-order chi connectivity index (χ1) is 11.3. The van der Waals surface area contributed by atoms with Crippen molar-refractivity contribution in [3.8, 4) is 0 Å². The van der Waals surface area contributed by atoms with Crippen LogP contribution in [0.4, 0.5) is 0 Å². The van der Waals surface area contributed by atoms with Gasteiger partial charge in [-0.05, 0) is 56.3 Å². The summed E-state index contributed by atoms with van der Waals surface area (Å²) in [6, 6.07) is 0. The molecule has 1 atom stereocenters. The molecule has 0 aliphatic heterocycles. The highest BCUT2D eigenvalue weighted by molar-refractivity contribution is 7.10. The molecule has 3 saturated carbocycles. The standard InChI is InChI=1S/C20H35O2P/c21-19(22-23)20(16-10-4-1-5-11-16,17-12-6-2-7-13-17)18-14-8-3-9-15-18/h16-18H,1-15,23H2. The Bertz CT molecular complexity index is 332. The van der Waals surface area contributed by atoms with Gasteiger partial charge >= 0.3 is 5.97 Å². The van der Waals surface area contributed by atoms with Gasteiger partial charge in [0, 0.05) is 0 Å². The van der Waals surface area contributed by atoms with E-state index in [2.05, 4.69) is 9.47 Å². The van der Waals surface area contributed by atoms with E-state index in [0.29, 0.717) is 17.8 Å². The molecule has 0 amide bonds. The second-order valence-electron chi connectivity index (χ2n) is 8.34. The van der Waals surface area contributed by atoms with Gasteiger partial charge in [0.15, 0.2) is 0 Å². The van der Waals surface area contributed by atoms with Gasteiger partial charge < -0.3 is 4.52 Å². The lowest BCUT2D eigenvalue weighted by Crippen LogP contribution is -2.52. The summed E-state index contributed by atoms with van der Waals surface area (Å²) in [6.45, 7) is 0. The van der Waals surface area contributed by atoms with E-state index in [9.17, 15) is 4.79 Å². The van der Waals surface area contributed by atoms with Crippen molar-refractivity contribution in [3.63, 3.8) is 0 Å². The first kappa shape index (κ1) is 17.7. The molecule has 0 aromatic carbocycles. The molecular weight excluding hydrogens is 303 g/mol. The fourth-order valence-corrected chi connectivity index (χ4v) is 6.55. The summed E-state index contributed by atoms with van der Waals surface area (Å²) in [5.74, 6) is 1.87. The van der Waals surface area contributed by atoms with Crippen molar-refractivity contribution >= 4 is 15.4 Å². The number of carbonyl (C=O) groups excluding carboxylic acids is 1. The van der Waals surface area contributed by atoms with Crippen LogP contribution in [0.1, 0.15) is 96.3 Å². The molecule has 3 aliphatic rings. The monoisotopic (exact) mass is 338 g/mol. The number of rotatable bonds is 4. The van der Waals surface area contributed by atoms with E-state index in [4.69, 9.17) is 4.52 Å². The van der Waals surface area contributed by atoms with E-state index in [1.54, 1.807) is 0 Å². The molecule has 0 aromatic rings. The molecule has 0 saturated heterocycles. The minimum Gasteiger partial charge on any atom is -0.451 e. The molecule has 23 heavy (non-hydrogen) atoms. The van der Waals surface area contributed by atoms with E-state index >= 15 is 0 Å². The largest absolute Gasteiger partial charge is 0.451 e. The van der Waals surface area contributed by atoms with Gasteiger partial charge in [-0.15, -0.1) is 0 Å². The van der Waals surface area contributed by atoms with E-state index in [-0.39, 0.29) is 11.4 Å². The molecule has 3 rings (SSSR count). The highest BCUT2D eigenvalue weighted by Gasteiger charge is 2.56. The summed E-state index contributed by atoms with van der Waals surface area (Å²) in [5.41, 5.74) is -0.164. The zero-order valence-corrected chi connectivity index (χ0v) is 15.9. The minimum absolute atomic E-state index is 0.133. The highest BCUT2D eigenvalue weighted by Crippen LogP contribution is 2.57. The van der Waals surface area contributed by atoms with Crippen LogP contribution in [0, 0.1) is 23.2 Å². The topological polar surface area (TPSA) is 26.3 Å². The molecule has 3 heteroatoms. The zero-order valence-electron chi connectivity index (χ0n) is 14.7. The summed E-state index contributed by atoms with van der Waals surface area (Å²) in [4.78, 5) is 13.3. The maximum atomic E-state index is 13.3. The quantitative estimate of drug-likeness (QED) is 0.583. The van der Waals surface area contributed by atoms with E-state index in [1.807, 2.05) is 0 Å². The van der Waals surface area contributed by atoms with Crippen LogP contribution in [-0.4, -0.2) is 5.97 Å². The van der Waals surface area contributed by atoms with Crippen molar-refractivity contribution in [1.29, 1.82) is 0 Å². The van der Waals surface area contributed by atoms with Crippen LogP contribution in [0.25, 0.3) is 0 Å². The third kappa shape index (κ3) is 3.48. The average Bonchev–Trinajstić information content (AvgIpc) is 2.65. The normalized spacial score (nSPS) is 26.1. The molecule has 0 bridgehead atoms. The average molecular weight is 338 g/mol. The van der Waals surface area contributed by atoms with Gasteiger partial charge in [-0.1, -0.05) is 57.8 Å². The van der Waals surface area contributed by atoms with Crippen LogP contribution < -0.4 is 0 Å². The smallest absolute Gasteiger partial charge is 0.315 e. The zero-order chi connectivity index (χ0) is 16.1. The molecular formula is C20H35O2P. The summed E-state index contributed by atoms with van der Waals surface area (Å²) < 4.78 is 5.45. The number of hydrogen-bond acceptors (Lipinski definition) is 2. The Morgan fingerprint density at radius 1 is 0.652 bits per heavy atom. The fourth-order valence-electron chi connectivity index (χ4n) is 6.34. The second kappa shape index (κ2) is 8.32. The van der Waals surface area contributed by atoms with Crippen LogP contribution in [0.3, 0.4) is 0 Å². The van der Waals surface area contributed by atoms with Gasteiger partial charge in [-0.3, -0.25) is 4.79 Å². The van der Waals surface area contributed by atoms with Crippen molar-refractivity contribution in [1.82, 2.24) is 0 Å². The summed E-state index contributed by atoms with van der Waals surface area (Å²) in [7, 11) is 2.29. The Hall–Kier alpha value is -0.100. The van der Waals surface area contributed by atoms with Crippen molar-refractivity contribution in [3.05, 3.63) is 0 Å². The molecule has 0 N–H and O–H groups in total. The number of carbonyl (C=O) groups is 1. The maximum absolute atomic E-state index is 13.3. The molecule has 3 fully saturated rings. The van der Waals surface area contributed by atoms with Crippen LogP contribution in [0.5, 0.6) is 0 Å². The lowest BCUT2D eigenvalue weighted by molar-refractivity contribution is -0.165. The Morgan fingerprint density at radius 2 is 0.957 bits per heavy atom. The van der Waals surface area contributed by atoms with E-state index in [0.717, 1.165) is 0 Å². The molecule has 0 aromatic heterocycles. The highest BCUT2D eigenvalue weighted by atomic mass is 31.0. The lowest BCUT2D eigenvalue weighted by Gasteiger charge is -2.52. The Labute approximate surface area is 144 Å². The molecule has 132 valence electrons.